The van der Waals surface area contributed by atoms with Crippen LogP contribution in [0.5, 0.6) is 0 Å². The van der Waals surface area contributed by atoms with Crippen molar-refractivity contribution in [2.75, 3.05) is 0 Å². The fraction of sp³-hybridized carbons (Fsp3) is 0.556. The summed E-state index contributed by atoms with van der Waals surface area (Å²) in [5.41, 5.74) is 2.24. The topological polar surface area (TPSA) is 0 Å². The monoisotopic (exact) mass is 378 g/mol. The molecular weight excluding hydrogens is 343 g/mol. The molecule has 2 saturated carbocycles. The Balaban J connectivity index is 1.48. The van der Waals surface area contributed by atoms with E-state index in [1.54, 1.807) is 0 Å². The highest BCUT2D eigenvalue weighted by molar-refractivity contribution is 5.84. The molecule has 0 nitrogen and oxygen atoms in total. The number of hydrogen-bond donors (Lipinski definition) is 0. The number of rotatable bonds is 6. The second-order valence-corrected chi connectivity index (χ2v) is 9.34. The molecule has 0 spiro atoms. The van der Waals surface area contributed by atoms with Crippen LogP contribution in [-0.4, -0.2) is 0 Å². The predicted molar refractivity (Wildman–Crippen MR) is 118 cm³/mol. The molecular formula is C27H35F. The van der Waals surface area contributed by atoms with Crippen LogP contribution in [0.1, 0.15) is 81.8 Å². The molecule has 0 N–H and O–H groups in total. The van der Waals surface area contributed by atoms with Gasteiger partial charge in [-0.25, -0.2) is 4.39 Å². The smallest absolute Gasteiger partial charge is 0.134 e. The zero-order chi connectivity index (χ0) is 19.5. The van der Waals surface area contributed by atoms with Crippen LogP contribution in [0.2, 0.25) is 0 Å². The number of aryl methyl sites for hydroxylation is 1. The molecule has 28 heavy (non-hydrogen) atoms. The lowest BCUT2D eigenvalue weighted by molar-refractivity contribution is 0.114. The normalized spacial score (nSPS) is 27.5. The molecule has 2 fully saturated rings. The van der Waals surface area contributed by atoms with Gasteiger partial charge in [0.1, 0.15) is 5.82 Å². The molecule has 0 amide bonds. The molecule has 0 heterocycles. The molecule has 0 radical (unpaired) electrons. The minimum absolute atomic E-state index is 0.0381. The van der Waals surface area contributed by atoms with Crippen molar-refractivity contribution >= 4 is 10.8 Å². The molecule has 1 heteroatoms. The van der Waals surface area contributed by atoms with Gasteiger partial charge in [-0.3, -0.25) is 0 Å². The van der Waals surface area contributed by atoms with E-state index >= 15 is 0 Å². The molecule has 4 atom stereocenters. The van der Waals surface area contributed by atoms with E-state index in [2.05, 4.69) is 31.7 Å². The van der Waals surface area contributed by atoms with E-state index in [1.807, 2.05) is 18.2 Å². The van der Waals surface area contributed by atoms with Gasteiger partial charge in [-0.05, 0) is 85.1 Å². The summed E-state index contributed by atoms with van der Waals surface area (Å²) >= 11 is 0. The zero-order valence-corrected chi connectivity index (χ0v) is 17.4. The third-order valence-electron chi connectivity index (χ3n) is 7.57. The first-order valence-corrected chi connectivity index (χ1v) is 11.5. The molecule has 2 aromatic carbocycles. The average Bonchev–Trinajstić information content (AvgIpc) is 2.73. The van der Waals surface area contributed by atoms with E-state index in [-0.39, 0.29) is 5.82 Å². The van der Waals surface area contributed by atoms with Crippen molar-refractivity contribution in [3.8, 4) is 0 Å². The van der Waals surface area contributed by atoms with Crippen molar-refractivity contribution in [3.63, 3.8) is 0 Å². The Hall–Kier alpha value is -1.63. The molecule has 0 saturated heterocycles. The van der Waals surface area contributed by atoms with Gasteiger partial charge in [0.2, 0.25) is 0 Å². The Labute approximate surface area is 170 Å². The highest BCUT2D eigenvalue weighted by Crippen LogP contribution is 2.48. The van der Waals surface area contributed by atoms with Gasteiger partial charge in [0.05, 0.1) is 0 Å². The van der Waals surface area contributed by atoms with Crippen molar-refractivity contribution < 1.29 is 4.39 Å². The van der Waals surface area contributed by atoms with Crippen molar-refractivity contribution in [2.45, 2.75) is 77.0 Å². The molecule has 2 aliphatic rings. The Kier molecular flexibility index (Phi) is 6.19. The Bertz CT molecular complexity index is 820. The summed E-state index contributed by atoms with van der Waals surface area (Å²) in [7, 11) is 0. The van der Waals surface area contributed by atoms with Crippen LogP contribution in [0.3, 0.4) is 0 Å². The van der Waals surface area contributed by atoms with Crippen LogP contribution >= 0.6 is 0 Å². The minimum atomic E-state index is -0.0381. The summed E-state index contributed by atoms with van der Waals surface area (Å²) in [4.78, 5) is 0. The molecule has 0 aromatic heterocycles. The maximum absolute atomic E-state index is 14.9. The molecule has 4 rings (SSSR count). The lowest BCUT2D eigenvalue weighted by Crippen LogP contribution is -2.30. The van der Waals surface area contributed by atoms with Gasteiger partial charge in [0, 0.05) is 5.39 Å². The molecule has 0 bridgehead atoms. The zero-order valence-electron chi connectivity index (χ0n) is 17.4. The third-order valence-corrected chi connectivity index (χ3v) is 7.57. The lowest BCUT2D eigenvalue weighted by Gasteiger charge is -2.42. The van der Waals surface area contributed by atoms with E-state index in [0.717, 1.165) is 46.9 Å². The SMILES string of the molecule is C=CCCc1ccc2cc([C@@H]3CC[C@@H]4CC(CCC)CCC4C3)ccc2c1F. The standard InChI is InChI=1S/C27H35F/c1-3-5-7-20-10-13-25-18-24(14-15-26(25)27(20)28)23-12-11-21-16-19(6-4-2)8-9-22(21)17-23/h3,10,13-15,18-19,21-23H,1,4-9,11-12,16-17H2,2H3/t19?,21-,22?,23-/m1/s1. The van der Waals surface area contributed by atoms with Gasteiger partial charge < -0.3 is 0 Å². The van der Waals surface area contributed by atoms with Crippen LogP contribution in [0.25, 0.3) is 10.8 Å². The summed E-state index contributed by atoms with van der Waals surface area (Å²) in [5, 5.41) is 1.84. The number of fused-ring (bicyclic) bond motifs is 2. The maximum Gasteiger partial charge on any atom is 0.134 e. The fourth-order valence-corrected chi connectivity index (χ4v) is 6.02. The van der Waals surface area contributed by atoms with Crippen molar-refractivity contribution in [1.82, 2.24) is 0 Å². The van der Waals surface area contributed by atoms with Crippen LogP contribution < -0.4 is 0 Å². The van der Waals surface area contributed by atoms with E-state index in [1.165, 1.54) is 56.9 Å². The minimum Gasteiger partial charge on any atom is -0.206 e. The van der Waals surface area contributed by atoms with E-state index in [0.29, 0.717) is 5.92 Å². The first-order chi connectivity index (χ1) is 13.7. The van der Waals surface area contributed by atoms with Crippen LogP contribution in [0.4, 0.5) is 4.39 Å². The van der Waals surface area contributed by atoms with Gasteiger partial charge in [-0.2, -0.15) is 0 Å². The van der Waals surface area contributed by atoms with Crippen LogP contribution in [0.15, 0.2) is 43.0 Å². The van der Waals surface area contributed by atoms with Crippen molar-refractivity contribution in [1.29, 1.82) is 0 Å². The second kappa shape index (κ2) is 8.80. The summed E-state index contributed by atoms with van der Waals surface area (Å²) in [5.74, 6) is 3.50. The Morgan fingerprint density at radius 3 is 2.68 bits per heavy atom. The van der Waals surface area contributed by atoms with E-state index in [9.17, 15) is 4.39 Å². The molecule has 2 aliphatic carbocycles. The Morgan fingerprint density at radius 2 is 1.86 bits per heavy atom. The van der Waals surface area contributed by atoms with Crippen molar-refractivity contribution in [3.05, 3.63) is 59.9 Å². The quantitative estimate of drug-likeness (QED) is 0.444. The molecule has 0 aliphatic heterocycles. The average molecular weight is 379 g/mol. The fourth-order valence-electron chi connectivity index (χ4n) is 6.02. The van der Waals surface area contributed by atoms with Gasteiger partial charge in [0.15, 0.2) is 0 Å². The van der Waals surface area contributed by atoms with Gasteiger partial charge in [0.25, 0.3) is 0 Å². The van der Waals surface area contributed by atoms with Crippen LogP contribution in [0, 0.1) is 23.6 Å². The highest BCUT2D eigenvalue weighted by Gasteiger charge is 2.35. The number of benzene rings is 2. The number of allylic oxidation sites excluding steroid dienone is 1. The summed E-state index contributed by atoms with van der Waals surface area (Å²) in [6.07, 6.45) is 14.6. The van der Waals surface area contributed by atoms with Crippen LogP contribution in [-0.2, 0) is 6.42 Å². The second-order valence-electron chi connectivity index (χ2n) is 9.34. The van der Waals surface area contributed by atoms with Crippen molar-refractivity contribution in [2.24, 2.45) is 17.8 Å². The van der Waals surface area contributed by atoms with E-state index < -0.39 is 0 Å². The molecule has 150 valence electrons. The molecule has 2 aromatic rings. The molecule has 2 unspecified atom stereocenters. The van der Waals surface area contributed by atoms with Gasteiger partial charge in [-0.1, -0.05) is 62.6 Å². The third kappa shape index (κ3) is 4.04. The Morgan fingerprint density at radius 1 is 1.04 bits per heavy atom. The van der Waals surface area contributed by atoms with Gasteiger partial charge >= 0.3 is 0 Å². The maximum atomic E-state index is 14.9. The first-order valence-electron chi connectivity index (χ1n) is 11.5. The first kappa shape index (κ1) is 19.7. The summed E-state index contributed by atoms with van der Waals surface area (Å²) in [6, 6.07) is 10.6. The summed E-state index contributed by atoms with van der Waals surface area (Å²) < 4.78 is 14.9. The van der Waals surface area contributed by atoms with Gasteiger partial charge in [-0.15, -0.1) is 6.58 Å². The summed E-state index contributed by atoms with van der Waals surface area (Å²) in [6.45, 7) is 6.08. The predicted octanol–water partition coefficient (Wildman–Crippen LogP) is 8.20. The highest BCUT2D eigenvalue weighted by atomic mass is 19.1. The van der Waals surface area contributed by atoms with E-state index in [4.69, 9.17) is 0 Å². The largest absolute Gasteiger partial charge is 0.206 e. The lowest BCUT2D eigenvalue weighted by atomic mass is 9.63. The number of hydrogen-bond acceptors (Lipinski definition) is 0. The number of halogens is 1.